The van der Waals surface area contributed by atoms with Gasteiger partial charge in [0.25, 0.3) is 0 Å². The first kappa shape index (κ1) is 67.8. The third-order valence-electron chi connectivity index (χ3n) is 14.1. The van der Waals surface area contributed by atoms with Crippen molar-refractivity contribution in [2.45, 2.75) is 334 Å². The van der Waals surface area contributed by atoms with Gasteiger partial charge in [0.1, 0.15) is 0 Å². The zero-order valence-corrected chi connectivity index (χ0v) is 46.7. The molecule has 0 aliphatic heterocycles. The Kier molecular flexibility index (Phi) is 57.5. The van der Waals surface area contributed by atoms with E-state index in [1.807, 2.05) is 6.08 Å². The first-order valence-corrected chi connectivity index (χ1v) is 30.9. The lowest BCUT2D eigenvalue weighted by Gasteiger charge is -2.20. The number of allylic oxidation sites excluding steroid dienone is 7. The maximum absolute atomic E-state index is 12.4. The number of carbonyl (C=O) groups is 2. The molecule has 0 saturated carbocycles. The van der Waals surface area contributed by atoms with Crippen LogP contribution in [0.2, 0.25) is 0 Å². The average molecular weight is 983 g/mol. The minimum absolute atomic E-state index is 0.00678. The number of carbonyl (C=O) groups excluding carboxylic acids is 2. The van der Waals surface area contributed by atoms with Gasteiger partial charge in [0, 0.05) is 12.8 Å². The van der Waals surface area contributed by atoms with Crippen molar-refractivity contribution in [3.8, 4) is 0 Å². The molecule has 0 heterocycles. The molecule has 1 amide bonds. The fourth-order valence-electron chi connectivity index (χ4n) is 9.31. The summed E-state index contributed by atoms with van der Waals surface area (Å²) in [6, 6.07) is -0.632. The first-order valence-electron chi connectivity index (χ1n) is 30.9. The number of aliphatic hydroxyl groups excluding tert-OH is 2. The molecule has 3 N–H and O–H groups in total. The van der Waals surface area contributed by atoms with Gasteiger partial charge in [0.15, 0.2) is 0 Å². The summed E-state index contributed by atoms with van der Waals surface area (Å²) in [4.78, 5) is 24.5. The lowest BCUT2D eigenvalue weighted by Crippen LogP contribution is -2.45. The monoisotopic (exact) mass is 982 g/mol. The molecule has 0 radical (unpaired) electrons. The Hall–Kier alpha value is -2.18. The second-order valence-corrected chi connectivity index (χ2v) is 21.0. The number of aliphatic hydroxyl groups is 2. The van der Waals surface area contributed by atoms with Crippen molar-refractivity contribution < 1.29 is 24.5 Å². The molecule has 2 unspecified atom stereocenters. The van der Waals surface area contributed by atoms with E-state index >= 15 is 0 Å². The smallest absolute Gasteiger partial charge is 0.305 e. The van der Waals surface area contributed by atoms with Crippen molar-refractivity contribution in [3.63, 3.8) is 0 Å². The number of ether oxygens (including phenoxy) is 1. The molecule has 0 saturated heterocycles. The van der Waals surface area contributed by atoms with E-state index in [0.717, 1.165) is 57.8 Å². The van der Waals surface area contributed by atoms with Crippen LogP contribution in [0.1, 0.15) is 322 Å². The van der Waals surface area contributed by atoms with Crippen LogP contribution in [0, 0.1) is 0 Å². The van der Waals surface area contributed by atoms with Crippen molar-refractivity contribution in [2.75, 3.05) is 13.2 Å². The highest BCUT2D eigenvalue weighted by Crippen LogP contribution is 2.16. The van der Waals surface area contributed by atoms with Gasteiger partial charge in [0.05, 0.1) is 25.4 Å². The van der Waals surface area contributed by atoms with Gasteiger partial charge in [-0.05, 0) is 89.9 Å². The molecule has 6 nitrogen and oxygen atoms in total. The molecular weight excluding hydrogens is 863 g/mol. The summed E-state index contributed by atoms with van der Waals surface area (Å²) in [6.07, 6.45) is 75.8. The minimum Gasteiger partial charge on any atom is -0.466 e. The summed E-state index contributed by atoms with van der Waals surface area (Å²) in [5, 5.41) is 23.0. The maximum Gasteiger partial charge on any atom is 0.305 e. The van der Waals surface area contributed by atoms with Crippen LogP contribution >= 0.6 is 0 Å². The summed E-state index contributed by atoms with van der Waals surface area (Å²) in [5.74, 6) is -0.0690. The molecule has 0 aliphatic rings. The predicted octanol–water partition coefficient (Wildman–Crippen LogP) is 19.4. The van der Waals surface area contributed by atoms with Crippen molar-refractivity contribution >= 4 is 11.9 Å². The molecule has 0 bridgehead atoms. The summed E-state index contributed by atoms with van der Waals surface area (Å²) in [7, 11) is 0. The van der Waals surface area contributed by atoms with E-state index in [-0.39, 0.29) is 18.5 Å². The van der Waals surface area contributed by atoms with Crippen LogP contribution in [0.5, 0.6) is 0 Å². The third-order valence-corrected chi connectivity index (χ3v) is 14.1. The van der Waals surface area contributed by atoms with Gasteiger partial charge in [-0.2, -0.15) is 0 Å². The standard InChI is InChI=1S/C64H119NO5/c1-3-5-7-9-11-13-15-16-17-18-24-28-31-34-38-42-46-50-54-58-64(69)70-59-55-51-47-43-39-35-32-29-26-23-21-19-20-22-25-27-30-33-37-41-45-49-53-57-63(68)65-61(60-66)62(67)56-52-48-44-40-36-14-12-10-8-6-4-2/h11,13,16-17,22,25,52,56,61-62,66-67H,3-10,12,14-15,18-21,23-24,26-51,53-55,57-60H2,1-2H3,(H,65,68)/b13-11-,17-16-,25-22-,56-52+. The Labute approximate surface area is 436 Å². The van der Waals surface area contributed by atoms with Crippen molar-refractivity contribution in [2.24, 2.45) is 0 Å². The van der Waals surface area contributed by atoms with Crippen LogP contribution < -0.4 is 5.32 Å². The number of hydrogen-bond acceptors (Lipinski definition) is 5. The number of rotatable bonds is 57. The van der Waals surface area contributed by atoms with Crippen LogP contribution in [0.25, 0.3) is 0 Å². The number of amides is 1. The van der Waals surface area contributed by atoms with E-state index in [4.69, 9.17) is 4.74 Å². The number of esters is 1. The van der Waals surface area contributed by atoms with Gasteiger partial charge in [-0.15, -0.1) is 0 Å². The molecule has 410 valence electrons. The second kappa shape index (κ2) is 59.4. The van der Waals surface area contributed by atoms with E-state index in [1.54, 1.807) is 6.08 Å². The summed E-state index contributed by atoms with van der Waals surface area (Å²) >= 11 is 0. The third kappa shape index (κ3) is 55.1. The van der Waals surface area contributed by atoms with E-state index in [1.165, 1.54) is 238 Å². The molecule has 2 atom stereocenters. The molecule has 0 aromatic heterocycles. The van der Waals surface area contributed by atoms with Gasteiger partial charge in [-0.3, -0.25) is 9.59 Å². The van der Waals surface area contributed by atoms with Crippen molar-refractivity contribution in [1.82, 2.24) is 5.32 Å². The van der Waals surface area contributed by atoms with Crippen molar-refractivity contribution in [3.05, 3.63) is 48.6 Å². The van der Waals surface area contributed by atoms with Crippen molar-refractivity contribution in [1.29, 1.82) is 0 Å². The largest absolute Gasteiger partial charge is 0.466 e. The Morgan fingerprint density at radius 2 is 0.714 bits per heavy atom. The SMILES string of the molecule is CCCCC/C=C\C/C=C\CCCCCCCCCCCC(=O)OCCCCCCCCCCCCCC/C=C\CCCCCCCCCC(=O)NC(CO)C(O)/C=C/CCCCCCCCCCC. The van der Waals surface area contributed by atoms with Crippen LogP contribution in [0.15, 0.2) is 48.6 Å². The molecule has 0 aromatic carbocycles. The molecule has 0 aliphatic carbocycles. The highest BCUT2D eigenvalue weighted by Gasteiger charge is 2.18. The lowest BCUT2D eigenvalue weighted by atomic mass is 10.0. The molecule has 6 heteroatoms. The van der Waals surface area contributed by atoms with E-state index < -0.39 is 12.1 Å². The quantitative estimate of drug-likeness (QED) is 0.0321. The zero-order valence-electron chi connectivity index (χ0n) is 46.7. The second-order valence-electron chi connectivity index (χ2n) is 21.0. The van der Waals surface area contributed by atoms with E-state index in [9.17, 15) is 19.8 Å². The molecule has 0 aromatic rings. The van der Waals surface area contributed by atoms with Gasteiger partial charge in [-0.25, -0.2) is 0 Å². The van der Waals surface area contributed by atoms with Crippen LogP contribution in [-0.4, -0.2) is 47.4 Å². The number of unbranched alkanes of at least 4 members (excludes halogenated alkanes) is 40. The predicted molar refractivity (Wildman–Crippen MR) is 306 cm³/mol. The maximum atomic E-state index is 12.4. The van der Waals surface area contributed by atoms with E-state index in [0.29, 0.717) is 19.4 Å². The first-order chi connectivity index (χ1) is 34.5. The van der Waals surface area contributed by atoms with Crippen LogP contribution in [0.3, 0.4) is 0 Å². The fraction of sp³-hybridized carbons (Fsp3) is 0.844. The van der Waals surface area contributed by atoms with Crippen LogP contribution in [-0.2, 0) is 14.3 Å². The fourth-order valence-corrected chi connectivity index (χ4v) is 9.31. The lowest BCUT2D eigenvalue weighted by molar-refractivity contribution is -0.143. The Balaban J connectivity index is 3.40. The Bertz CT molecular complexity index is 1180. The van der Waals surface area contributed by atoms with Gasteiger partial charge in [0.2, 0.25) is 5.91 Å². The minimum atomic E-state index is -0.847. The summed E-state index contributed by atoms with van der Waals surface area (Å²) in [6.45, 7) is 4.87. The molecule has 0 spiro atoms. The highest BCUT2D eigenvalue weighted by molar-refractivity contribution is 5.76. The van der Waals surface area contributed by atoms with Crippen LogP contribution in [0.4, 0.5) is 0 Å². The molecule has 0 fully saturated rings. The number of nitrogens with one attached hydrogen (secondary N) is 1. The molecular formula is C64H119NO5. The highest BCUT2D eigenvalue weighted by atomic mass is 16.5. The van der Waals surface area contributed by atoms with Gasteiger partial charge >= 0.3 is 5.97 Å². The normalized spacial score (nSPS) is 12.9. The topological polar surface area (TPSA) is 95.9 Å². The Morgan fingerprint density at radius 3 is 1.13 bits per heavy atom. The molecule has 70 heavy (non-hydrogen) atoms. The average Bonchev–Trinajstić information content (AvgIpc) is 3.36. The van der Waals surface area contributed by atoms with Gasteiger partial charge in [-0.1, -0.05) is 268 Å². The Morgan fingerprint density at radius 1 is 0.400 bits per heavy atom. The van der Waals surface area contributed by atoms with Gasteiger partial charge < -0.3 is 20.3 Å². The zero-order chi connectivity index (χ0) is 50.7. The van der Waals surface area contributed by atoms with E-state index in [2.05, 4.69) is 55.6 Å². The summed E-state index contributed by atoms with van der Waals surface area (Å²) in [5.41, 5.74) is 0. The summed E-state index contributed by atoms with van der Waals surface area (Å²) < 4.78 is 5.50. The number of hydrogen-bond donors (Lipinski definition) is 3. The molecule has 0 rings (SSSR count).